The van der Waals surface area contributed by atoms with E-state index in [-0.39, 0.29) is 17.1 Å². The molecule has 0 heterocycles. The molecule has 0 aliphatic heterocycles. The second-order valence-corrected chi connectivity index (χ2v) is 3.93. The molecule has 0 aliphatic rings. The zero-order valence-electron chi connectivity index (χ0n) is 9.15. The van der Waals surface area contributed by atoms with Crippen molar-refractivity contribution in [2.45, 2.75) is 25.1 Å². The molecule has 3 nitrogen and oxygen atoms in total. The van der Waals surface area contributed by atoms with Crippen molar-refractivity contribution in [1.29, 1.82) is 0 Å². The van der Waals surface area contributed by atoms with Crippen molar-refractivity contribution in [2.24, 2.45) is 0 Å². The van der Waals surface area contributed by atoms with E-state index in [0.29, 0.717) is 19.4 Å². The first-order valence-corrected chi connectivity index (χ1v) is 5.65. The van der Waals surface area contributed by atoms with Crippen LogP contribution >= 0.6 is 11.6 Å². The van der Waals surface area contributed by atoms with Crippen LogP contribution in [-0.2, 0) is 9.53 Å². The van der Waals surface area contributed by atoms with Crippen LogP contribution in [0.4, 0.5) is 0 Å². The number of benzene rings is 1. The predicted molar refractivity (Wildman–Crippen MR) is 62.6 cm³/mol. The lowest BCUT2D eigenvalue weighted by Gasteiger charge is -2.09. The van der Waals surface area contributed by atoms with Crippen LogP contribution in [0.3, 0.4) is 0 Å². The highest BCUT2D eigenvalue weighted by molar-refractivity contribution is 6.20. The van der Waals surface area contributed by atoms with Crippen molar-refractivity contribution in [3.05, 3.63) is 29.8 Å². The van der Waals surface area contributed by atoms with Crippen LogP contribution in [0.1, 0.15) is 30.7 Å². The Morgan fingerprint density at radius 1 is 1.44 bits per heavy atom. The van der Waals surface area contributed by atoms with Crippen molar-refractivity contribution in [3.8, 4) is 5.75 Å². The highest BCUT2D eigenvalue weighted by Gasteiger charge is 2.11. The van der Waals surface area contributed by atoms with Crippen LogP contribution in [0.2, 0.25) is 0 Å². The van der Waals surface area contributed by atoms with Crippen LogP contribution in [-0.4, -0.2) is 17.7 Å². The number of carbonyl (C=O) groups excluding carboxylic acids is 1. The Morgan fingerprint density at radius 2 is 2.06 bits per heavy atom. The lowest BCUT2D eigenvalue weighted by molar-refractivity contribution is -0.143. The minimum Gasteiger partial charge on any atom is -0.508 e. The molecule has 0 saturated carbocycles. The van der Waals surface area contributed by atoms with E-state index in [4.69, 9.17) is 21.4 Å². The largest absolute Gasteiger partial charge is 0.508 e. The Balaban J connectivity index is 2.43. The molecule has 1 aromatic rings. The number of phenolic OH excluding ortho intramolecular Hbond substituents is 1. The van der Waals surface area contributed by atoms with E-state index in [1.54, 1.807) is 31.2 Å². The van der Waals surface area contributed by atoms with Gasteiger partial charge in [-0.2, -0.15) is 0 Å². The van der Waals surface area contributed by atoms with Gasteiger partial charge in [-0.3, -0.25) is 4.79 Å². The summed E-state index contributed by atoms with van der Waals surface area (Å²) in [5.74, 6) is -0.0232. The lowest BCUT2D eigenvalue weighted by atomic mass is 10.1. The summed E-state index contributed by atoms with van der Waals surface area (Å²) in [5, 5.41) is 8.88. The van der Waals surface area contributed by atoms with Crippen molar-refractivity contribution in [3.63, 3.8) is 0 Å². The van der Waals surface area contributed by atoms with Crippen LogP contribution in [0, 0.1) is 0 Å². The van der Waals surface area contributed by atoms with Gasteiger partial charge in [-0.05, 0) is 31.0 Å². The molecule has 1 atom stereocenters. The molecule has 0 fully saturated rings. The maximum Gasteiger partial charge on any atom is 0.305 e. The van der Waals surface area contributed by atoms with E-state index in [2.05, 4.69) is 0 Å². The molecule has 0 radical (unpaired) electrons. The highest BCUT2D eigenvalue weighted by Crippen LogP contribution is 2.26. The summed E-state index contributed by atoms with van der Waals surface area (Å²) in [6, 6.07) is 6.65. The van der Waals surface area contributed by atoms with Gasteiger partial charge in [0.25, 0.3) is 0 Å². The Bertz CT molecular complexity index is 335. The number of alkyl halides is 1. The van der Waals surface area contributed by atoms with Gasteiger partial charge < -0.3 is 9.84 Å². The average Bonchev–Trinajstić information content (AvgIpc) is 2.27. The standard InChI is InChI=1S/C12H15ClO3/c1-2-16-12(15)8-7-11(13)9-3-5-10(14)6-4-9/h3-6,11,14H,2,7-8H2,1H3. The Labute approximate surface area is 100.0 Å². The third-order valence-electron chi connectivity index (χ3n) is 2.16. The molecule has 88 valence electrons. The Hall–Kier alpha value is -1.22. The first kappa shape index (κ1) is 12.8. The molecule has 1 unspecified atom stereocenters. The zero-order valence-corrected chi connectivity index (χ0v) is 9.91. The quantitative estimate of drug-likeness (QED) is 0.638. The highest BCUT2D eigenvalue weighted by atomic mass is 35.5. The van der Waals surface area contributed by atoms with Gasteiger partial charge in [0.1, 0.15) is 5.75 Å². The zero-order chi connectivity index (χ0) is 12.0. The molecule has 0 aromatic heterocycles. The van der Waals surface area contributed by atoms with Gasteiger partial charge in [-0.25, -0.2) is 0 Å². The number of esters is 1. The third-order valence-corrected chi connectivity index (χ3v) is 2.63. The second kappa shape index (κ2) is 6.38. The summed E-state index contributed by atoms with van der Waals surface area (Å²) >= 11 is 6.11. The average molecular weight is 243 g/mol. The van der Waals surface area contributed by atoms with Crippen molar-refractivity contribution in [2.75, 3.05) is 6.61 Å². The van der Waals surface area contributed by atoms with Crippen LogP contribution in [0.5, 0.6) is 5.75 Å². The molecular formula is C12H15ClO3. The Kier molecular flexibility index (Phi) is 5.12. The maximum absolute atomic E-state index is 11.1. The molecule has 0 saturated heterocycles. The van der Waals surface area contributed by atoms with Gasteiger partial charge >= 0.3 is 5.97 Å². The van der Waals surface area contributed by atoms with Gasteiger partial charge in [0.2, 0.25) is 0 Å². The van der Waals surface area contributed by atoms with Gasteiger partial charge in [-0.15, -0.1) is 11.6 Å². The van der Waals surface area contributed by atoms with E-state index in [1.807, 2.05) is 0 Å². The molecule has 1 aromatic carbocycles. The van der Waals surface area contributed by atoms with Crippen molar-refractivity contribution >= 4 is 17.6 Å². The van der Waals surface area contributed by atoms with E-state index >= 15 is 0 Å². The summed E-state index contributed by atoms with van der Waals surface area (Å²) in [4.78, 5) is 11.1. The molecule has 1 rings (SSSR count). The number of halogens is 1. The van der Waals surface area contributed by atoms with E-state index in [1.165, 1.54) is 0 Å². The fraction of sp³-hybridized carbons (Fsp3) is 0.417. The van der Waals surface area contributed by atoms with Crippen molar-refractivity contribution in [1.82, 2.24) is 0 Å². The number of carbonyl (C=O) groups is 1. The first-order chi connectivity index (χ1) is 7.63. The van der Waals surface area contributed by atoms with Gasteiger partial charge in [-0.1, -0.05) is 12.1 Å². The molecule has 16 heavy (non-hydrogen) atoms. The molecule has 0 aliphatic carbocycles. The topological polar surface area (TPSA) is 46.5 Å². The van der Waals surface area contributed by atoms with Gasteiger partial charge in [0.05, 0.1) is 12.0 Å². The fourth-order valence-corrected chi connectivity index (χ4v) is 1.58. The molecule has 0 bridgehead atoms. The monoisotopic (exact) mass is 242 g/mol. The number of phenols is 1. The van der Waals surface area contributed by atoms with E-state index in [9.17, 15) is 4.79 Å². The second-order valence-electron chi connectivity index (χ2n) is 3.40. The molecule has 1 N–H and O–H groups in total. The SMILES string of the molecule is CCOC(=O)CCC(Cl)c1ccc(O)cc1. The molecule has 0 amide bonds. The van der Waals surface area contributed by atoms with Gasteiger partial charge in [0, 0.05) is 6.42 Å². The number of hydrogen-bond donors (Lipinski definition) is 1. The molecule has 0 spiro atoms. The van der Waals surface area contributed by atoms with Crippen LogP contribution in [0.25, 0.3) is 0 Å². The van der Waals surface area contributed by atoms with Crippen LogP contribution < -0.4 is 0 Å². The Morgan fingerprint density at radius 3 is 2.62 bits per heavy atom. The maximum atomic E-state index is 11.1. The minimum absolute atomic E-state index is 0.206. The number of aromatic hydroxyl groups is 1. The first-order valence-electron chi connectivity index (χ1n) is 5.22. The van der Waals surface area contributed by atoms with Gasteiger partial charge in [0.15, 0.2) is 0 Å². The number of ether oxygens (including phenoxy) is 1. The summed E-state index contributed by atoms with van der Waals surface area (Å²) in [5.41, 5.74) is 0.892. The fourth-order valence-electron chi connectivity index (χ4n) is 1.33. The predicted octanol–water partition coefficient (Wildman–Crippen LogP) is 3.02. The van der Waals surface area contributed by atoms with Crippen LogP contribution in [0.15, 0.2) is 24.3 Å². The van der Waals surface area contributed by atoms with E-state index in [0.717, 1.165) is 5.56 Å². The third kappa shape index (κ3) is 4.11. The van der Waals surface area contributed by atoms with E-state index < -0.39 is 0 Å². The number of hydrogen-bond acceptors (Lipinski definition) is 3. The normalized spacial score (nSPS) is 12.1. The lowest BCUT2D eigenvalue weighted by Crippen LogP contribution is -2.05. The minimum atomic E-state index is -0.231. The summed E-state index contributed by atoms with van der Waals surface area (Å²) in [7, 11) is 0. The smallest absolute Gasteiger partial charge is 0.305 e. The van der Waals surface area contributed by atoms with Crippen molar-refractivity contribution < 1.29 is 14.6 Å². The number of rotatable bonds is 5. The molecule has 4 heteroatoms. The summed E-state index contributed by atoms with van der Waals surface area (Å²) < 4.78 is 4.81. The summed E-state index contributed by atoms with van der Waals surface area (Å²) in [6.07, 6.45) is 0.841. The molecular weight excluding hydrogens is 228 g/mol. The summed E-state index contributed by atoms with van der Waals surface area (Å²) in [6.45, 7) is 2.17.